The number of fused-ring (bicyclic) bond motifs is 1. The Balaban J connectivity index is 0.00000400. The summed E-state index contributed by atoms with van der Waals surface area (Å²) in [6.45, 7) is -0.896. The number of rotatable bonds is 11. The summed E-state index contributed by atoms with van der Waals surface area (Å²) in [7, 11) is -19.2. The van der Waals surface area contributed by atoms with Crippen LogP contribution in [0.25, 0.3) is 10.8 Å². The minimum absolute atomic E-state index is 0. The zero-order chi connectivity index (χ0) is 34.1. The fourth-order valence-corrected chi connectivity index (χ4v) is 6.62. The van der Waals surface area contributed by atoms with Gasteiger partial charge >= 0.3 is 88.7 Å². The number of azo groups is 1. The molecule has 244 valence electrons. The van der Waals surface area contributed by atoms with Gasteiger partial charge in [0.15, 0.2) is 9.84 Å². The van der Waals surface area contributed by atoms with E-state index < -0.39 is 74.2 Å². The third-order valence-corrected chi connectivity index (χ3v) is 9.91. The van der Waals surface area contributed by atoms with Gasteiger partial charge in [-0.05, 0) is 66.0 Å². The molecule has 0 saturated heterocycles. The molecule has 0 radical (unpaired) electrons. The zero-order valence-electron chi connectivity index (χ0n) is 25.8. The molecule has 4 aromatic carbocycles. The summed E-state index contributed by atoms with van der Waals surface area (Å²) in [5.74, 6) is -1.49. The number of amides is 1. The normalized spacial score (nSPS) is 12.1. The van der Waals surface area contributed by atoms with Gasteiger partial charge < -0.3 is 24.7 Å². The summed E-state index contributed by atoms with van der Waals surface area (Å²) in [5, 5.41) is 10.3. The van der Waals surface area contributed by atoms with Crippen molar-refractivity contribution in [1.82, 2.24) is 0 Å². The van der Waals surface area contributed by atoms with Crippen molar-refractivity contribution < 1.29 is 145 Å². The molecule has 0 heterocycles. The van der Waals surface area contributed by atoms with Crippen LogP contribution in [0.15, 0.2) is 97.7 Å². The molecule has 0 aliphatic heterocycles. The Bertz CT molecular complexity index is 2340. The van der Waals surface area contributed by atoms with Crippen molar-refractivity contribution in [3.63, 3.8) is 0 Å². The molecule has 3 N–H and O–H groups in total. The van der Waals surface area contributed by atoms with Crippen LogP contribution in [0.2, 0.25) is 0 Å². The Morgan fingerprint density at radius 2 is 1.39 bits per heavy atom. The Kier molecular flexibility index (Phi) is 16.7. The van der Waals surface area contributed by atoms with Crippen LogP contribution in [0.5, 0.6) is 0 Å². The van der Waals surface area contributed by atoms with Gasteiger partial charge in [0.25, 0.3) is 5.91 Å². The van der Waals surface area contributed by atoms with Crippen LogP contribution in [0.1, 0.15) is 10.4 Å². The molecule has 4 aromatic rings. The van der Waals surface area contributed by atoms with Crippen molar-refractivity contribution in [2.45, 2.75) is 14.7 Å². The van der Waals surface area contributed by atoms with Crippen LogP contribution in [0, 0.1) is 0 Å². The van der Waals surface area contributed by atoms with Gasteiger partial charge in [-0.2, -0.15) is 5.11 Å². The van der Waals surface area contributed by atoms with Gasteiger partial charge in [-0.25, -0.2) is 33.7 Å². The van der Waals surface area contributed by atoms with E-state index in [1.165, 1.54) is 42.5 Å². The first-order valence-corrected chi connectivity index (χ1v) is 18.1. The molecule has 0 unspecified atom stereocenters. The SMILES string of the molecule is Nc1c(S(=O)(=O)[O-])cc2cc(S(=O)(=O)[O-])ccc2c1N=Nc1ccc(C(=O)Nc2cccc(S(=O)(=O)CCOS(=O)(=O)[O-])c2)cc1.[Na+].[Na+].[Na+]. The van der Waals surface area contributed by atoms with Gasteiger partial charge in [0.1, 0.15) is 25.9 Å². The quantitative estimate of drug-likeness (QED) is 0.0470. The number of hydrogen-bond donors (Lipinski definition) is 2. The number of sulfone groups is 1. The fraction of sp³-hybridized carbons (Fsp3) is 0.0800. The van der Waals surface area contributed by atoms with E-state index in [4.69, 9.17) is 5.73 Å². The second kappa shape index (κ2) is 17.9. The first kappa shape index (κ1) is 45.7. The number of anilines is 2. The molecular weight excluding hydrogens is 762 g/mol. The van der Waals surface area contributed by atoms with E-state index in [1.807, 2.05) is 0 Å². The van der Waals surface area contributed by atoms with Gasteiger partial charge in [-0.1, -0.05) is 12.1 Å². The van der Waals surface area contributed by atoms with E-state index >= 15 is 0 Å². The summed E-state index contributed by atoms with van der Waals surface area (Å²) in [5.41, 5.74) is 5.28. The third kappa shape index (κ3) is 12.4. The smallest absolute Gasteiger partial charge is 0.744 e. The molecule has 17 nitrogen and oxygen atoms in total. The second-order valence-corrected chi connectivity index (χ2v) is 15.1. The summed E-state index contributed by atoms with van der Waals surface area (Å²) < 4.78 is 130. The molecule has 0 aliphatic rings. The molecule has 4 rings (SSSR count). The average Bonchev–Trinajstić information content (AvgIpc) is 2.94. The molecule has 0 aliphatic carbocycles. The number of nitrogens with one attached hydrogen (secondary N) is 1. The number of carbonyl (C=O) groups excluding carboxylic acids is 1. The van der Waals surface area contributed by atoms with Crippen LogP contribution in [0.3, 0.4) is 0 Å². The van der Waals surface area contributed by atoms with Crippen LogP contribution >= 0.6 is 0 Å². The third-order valence-electron chi connectivity index (χ3n) is 6.07. The van der Waals surface area contributed by atoms with Crippen LogP contribution < -0.4 is 99.7 Å². The molecule has 0 spiro atoms. The maximum atomic E-state index is 12.8. The molecule has 1 amide bonds. The number of nitrogens with zero attached hydrogens (tertiary/aromatic N) is 2. The van der Waals surface area contributed by atoms with Gasteiger partial charge in [0.05, 0.1) is 38.4 Å². The van der Waals surface area contributed by atoms with Crippen LogP contribution in [0.4, 0.5) is 22.7 Å². The van der Waals surface area contributed by atoms with Crippen LogP contribution in [-0.2, 0) is 44.7 Å². The Morgan fingerprint density at radius 1 is 0.755 bits per heavy atom. The molecule has 0 atom stereocenters. The first-order chi connectivity index (χ1) is 21.2. The van der Waals surface area contributed by atoms with E-state index in [-0.39, 0.29) is 127 Å². The average molecular weight is 781 g/mol. The van der Waals surface area contributed by atoms with Crippen molar-refractivity contribution in [2.75, 3.05) is 23.4 Å². The number of nitrogens with two attached hydrogens (primary N) is 1. The Hall–Kier alpha value is -1.35. The van der Waals surface area contributed by atoms with Crippen molar-refractivity contribution in [1.29, 1.82) is 0 Å². The Morgan fingerprint density at radius 3 is 1.96 bits per heavy atom. The molecule has 0 bridgehead atoms. The summed E-state index contributed by atoms with van der Waals surface area (Å²) >= 11 is 0. The summed E-state index contributed by atoms with van der Waals surface area (Å²) in [4.78, 5) is 10.9. The van der Waals surface area contributed by atoms with E-state index in [0.717, 1.165) is 30.3 Å². The van der Waals surface area contributed by atoms with Gasteiger partial charge in [0.2, 0.25) is 10.4 Å². The number of carbonyl (C=O) groups is 1. The predicted molar refractivity (Wildman–Crippen MR) is 157 cm³/mol. The van der Waals surface area contributed by atoms with Crippen LogP contribution in [-0.4, -0.2) is 65.6 Å². The van der Waals surface area contributed by atoms with Crippen molar-refractivity contribution in [3.8, 4) is 0 Å². The zero-order valence-corrected chi connectivity index (χ0v) is 35.0. The van der Waals surface area contributed by atoms with Gasteiger partial charge in [-0.15, -0.1) is 5.11 Å². The maximum Gasteiger partial charge on any atom is 1.00 e. The van der Waals surface area contributed by atoms with Gasteiger partial charge in [-0.3, -0.25) is 8.98 Å². The number of benzene rings is 4. The molecular formula is C25H19N4Na3O13S4. The molecule has 0 aromatic heterocycles. The monoisotopic (exact) mass is 780 g/mol. The van der Waals surface area contributed by atoms with E-state index in [2.05, 4.69) is 19.7 Å². The van der Waals surface area contributed by atoms with Gasteiger partial charge in [0, 0.05) is 16.6 Å². The summed E-state index contributed by atoms with van der Waals surface area (Å²) in [6.07, 6.45) is 0. The van der Waals surface area contributed by atoms with E-state index in [9.17, 15) is 52.1 Å². The van der Waals surface area contributed by atoms with E-state index in [1.54, 1.807) is 0 Å². The molecule has 0 fully saturated rings. The summed E-state index contributed by atoms with van der Waals surface area (Å²) in [6, 6.07) is 14.1. The standard InChI is InChI=1S/C25H22N4O13S4.3Na/c26-23-22(45(36,37)38)13-16-12-20(44(33,34)35)8-9-21(16)24(23)29-28-17-6-4-15(5-7-17)25(30)27-18-2-1-3-19(14-18)43(31,32)11-10-42-46(39,40)41;;;/h1-9,12-14H,10-11,26H2,(H,27,30)(H,33,34,35)(H,36,37,38)(H,39,40,41);;;/q;3*+1/p-3. The molecule has 24 heteroatoms. The van der Waals surface area contributed by atoms with Crippen molar-refractivity contribution >= 4 is 79.9 Å². The predicted octanol–water partition coefficient (Wildman–Crippen LogP) is -6.84. The van der Waals surface area contributed by atoms with Crippen molar-refractivity contribution in [3.05, 3.63) is 78.4 Å². The number of nitrogen functional groups attached to an aromatic ring is 1. The minimum atomic E-state index is -5.16. The Labute approximate surface area is 347 Å². The fourth-order valence-electron chi connectivity index (χ4n) is 3.95. The van der Waals surface area contributed by atoms with E-state index in [0.29, 0.717) is 0 Å². The van der Waals surface area contributed by atoms with Crippen molar-refractivity contribution in [2.24, 2.45) is 10.2 Å². The number of hydrogen-bond acceptors (Lipinski definition) is 16. The maximum absolute atomic E-state index is 12.8. The second-order valence-electron chi connectivity index (χ2n) is 9.21. The minimum Gasteiger partial charge on any atom is -0.744 e. The topological polar surface area (TPSA) is 295 Å². The molecule has 0 saturated carbocycles. The first-order valence-electron chi connectivity index (χ1n) is 12.3. The largest absolute Gasteiger partial charge is 1.00 e. The molecule has 49 heavy (non-hydrogen) atoms.